The Morgan fingerprint density at radius 1 is 0.964 bits per heavy atom. The summed E-state index contributed by atoms with van der Waals surface area (Å²) in [6.45, 7) is 4.08. The third-order valence-electron chi connectivity index (χ3n) is 6.00. The summed E-state index contributed by atoms with van der Waals surface area (Å²) in [4.78, 5) is 54.1. The molecule has 0 N–H and O–H groups in total. The Morgan fingerprint density at radius 3 is 2.18 bits per heavy atom. The van der Waals surface area contributed by atoms with Crippen molar-refractivity contribution < 1.29 is 19.2 Å². The van der Waals surface area contributed by atoms with Gasteiger partial charge in [-0.1, -0.05) is 13.0 Å². The molecule has 4 amide bonds. The van der Waals surface area contributed by atoms with Crippen LogP contribution >= 0.6 is 0 Å². The van der Waals surface area contributed by atoms with Crippen LogP contribution in [0.3, 0.4) is 0 Å². The lowest BCUT2D eigenvalue weighted by Crippen LogP contribution is -2.52. The third kappa shape index (κ3) is 3.53. The normalized spacial score (nSPS) is 21.2. The molecule has 0 radical (unpaired) electrons. The molecule has 2 aliphatic heterocycles. The predicted molar refractivity (Wildman–Crippen MR) is 103 cm³/mol. The molecule has 1 aromatic rings. The number of nitrogens with zero attached hydrogens (tertiary/aromatic N) is 3. The zero-order valence-corrected chi connectivity index (χ0v) is 16.1. The van der Waals surface area contributed by atoms with Gasteiger partial charge in [0.15, 0.2) is 0 Å². The Hall–Kier alpha value is -2.70. The van der Waals surface area contributed by atoms with Crippen LogP contribution in [-0.4, -0.2) is 59.6 Å². The lowest BCUT2D eigenvalue weighted by molar-refractivity contribution is -0.137. The van der Waals surface area contributed by atoms with E-state index in [-0.39, 0.29) is 42.4 Å². The molecule has 1 aliphatic carbocycles. The van der Waals surface area contributed by atoms with Crippen LogP contribution in [-0.2, 0) is 14.4 Å². The molecule has 4 rings (SSSR count). The van der Waals surface area contributed by atoms with E-state index in [0.717, 1.165) is 17.7 Å². The van der Waals surface area contributed by atoms with Gasteiger partial charge in [-0.05, 0) is 37.0 Å². The van der Waals surface area contributed by atoms with Gasteiger partial charge in [0.25, 0.3) is 5.91 Å². The molecule has 0 aromatic heterocycles. The molecule has 1 aromatic carbocycles. The van der Waals surface area contributed by atoms with Gasteiger partial charge in [-0.15, -0.1) is 0 Å². The molecular weight excluding hydrogens is 358 g/mol. The summed E-state index contributed by atoms with van der Waals surface area (Å²) < 4.78 is 0. The minimum Gasteiger partial charge on any atom is -0.339 e. The number of hydrogen-bond acceptors (Lipinski definition) is 4. The smallest absolute Gasteiger partial charge is 0.254 e. The van der Waals surface area contributed by atoms with Gasteiger partial charge >= 0.3 is 0 Å². The molecule has 0 bridgehead atoms. The van der Waals surface area contributed by atoms with Gasteiger partial charge in [-0.2, -0.15) is 0 Å². The Balaban J connectivity index is 1.40. The fraction of sp³-hybridized carbons (Fsp3) is 0.524. The number of hydrogen-bond donors (Lipinski definition) is 0. The van der Waals surface area contributed by atoms with Gasteiger partial charge < -0.3 is 9.80 Å². The monoisotopic (exact) mass is 383 g/mol. The summed E-state index contributed by atoms with van der Waals surface area (Å²) in [5, 5.41) is 0. The van der Waals surface area contributed by atoms with Crippen LogP contribution in [0.1, 0.15) is 43.0 Å². The number of imide groups is 1. The van der Waals surface area contributed by atoms with Crippen LogP contribution < -0.4 is 4.90 Å². The number of rotatable bonds is 4. The molecule has 1 unspecified atom stereocenters. The van der Waals surface area contributed by atoms with Gasteiger partial charge in [-0.3, -0.25) is 24.1 Å². The van der Waals surface area contributed by atoms with Crippen molar-refractivity contribution in [1.82, 2.24) is 9.80 Å². The average molecular weight is 383 g/mol. The molecule has 0 spiro atoms. The highest BCUT2D eigenvalue weighted by atomic mass is 16.2. The maximum atomic E-state index is 12.9. The van der Waals surface area contributed by atoms with Crippen LogP contribution in [0.25, 0.3) is 0 Å². The second-order valence-corrected chi connectivity index (χ2v) is 7.92. The molecule has 7 nitrogen and oxygen atoms in total. The van der Waals surface area contributed by atoms with E-state index in [2.05, 4.69) is 0 Å². The Labute approximate surface area is 164 Å². The first-order valence-corrected chi connectivity index (χ1v) is 9.99. The van der Waals surface area contributed by atoms with Crippen LogP contribution in [0.4, 0.5) is 5.69 Å². The average Bonchev–Trinajstić information content (AvgIpc) is 3.51. The molecule has 2 heterocycles. The van der Waals surface area contributed by atoms with Crippen LogP contribution in [0.15, 0.2) is 24.3 Å². The quantitative estimate of drug-likeness (QED) is 0.741. The van der Waals surface area contributed by atoms with Crippen molar-refractivity contribution >= 4 is 29.3 Å². The standard InChI is InChI=1S/C21H25N3O4/c1-14(15-5-6-15)20(27)22-9-11-23(12-10-22)21(28)16-3-2-4-17(13-16)24-18(25)7-8-19(24)26/h2-4,13-15H,5-12H2,1H3. The summed E-state index contributed by atoms with van der Waals surface area (Å²) >= 11 is 0. The van der Waals surface area contributed by atoms with Crippen molar-refractivity contribution in [1.29, 1.82) is 0 Å². The van der Waals surface area contributed by atoms with Crippen LogP contribution in [0.5, 0.6) is 0 Å². The van der Waals surface area contributed by atoms with E-state index in [4.69, 9.17) is 0 Å². The number of carbonyl (C=O) groups is 4. The van der Waals surface area contributed by atoms with Gasteiger partial charge in [0, 0.05) is 50.5 Å². The number of benzene rings is 1. The van der Waals surface area contributed by atoms with E-state index < -0.39 is 0 Å². The third-order valence-corrected chi connectivity index (χ3v) is 6.00. The molecule has 3 aliphatic rings. The summed E-state index contributed by atoms with van der Waals surface area (Å²) in [6, 6.07) is 6.67. The topological polar surface area (TPSA) is 78.0 Å². The Bertz CT molecular complexity index is 809. The van der Waals surface area contributed by atoms with Crippen molar-refractivity contribution in [2.24, 2.45) is 11.8 Å². The molecule has 28 heavy (non-hydrogen) atoms. The first-order valence-electron chi connectivity index (χ1n) is 9.99. The number of anilines is 1. The largest absolute Gasteiger partial charge is 0.339 e. The van der Waals surface area contributed by atoms with E-state index in [0.29, 0.717) is 43.3 Å². The van der Waals surface area contributed by atoms with E-state index in [1.54, 1.807) is 29.2 Å². The Kier molecular flexibility index (Phi) is 4.91. The second kappa shape index (κ2) is 7.37. The minimum absolute atomic E-state index is 0.0782. The van der Waals surface area contributed by atoms with Gasteiger partial charge in [0.1, 0.15) is 0 Å². The van der Waals surface area contributed by atoms with Gasteiger partial charge in [0.2, 0.25) is 17.7 Å². The molecule has 1 saturated carbocycles. The fourth-order valence-corrected chi connectivity index (χ4v) is 4.04. The Morgan fingerprint density at radius 2 is 1.57 bits per heavy atom. The molecule has 1 atom stereocenters. The lowest BCUT2D eigenvalue weighted by Gasteiger charge is -2.36. The van der Waals surface area contributed by atoms with Crippen molar-refractivity contribution in [2.75, 3.05) is 31.1 Å². The summed E-state index contributed by atoms with van der Waals surface area (Å²) in [5.74, 6) is 0.212. The first kappa shape index (κ1) is 18.7. The van der Waals surface area contributed by atoms with Crippen LogP contribution in [0.2, 0.25) is 0 Å². The maximum absolute atomic E-state index is 12.9. The highest BCUT2D eigenvalue weighted by molar-refractivity contribution is 6.20. The summed E-state index contributed by atoms with van der Waals surface area (Å²) in [6.07, 6.45) is 2.71. The molecular formula is C21H25N3O4. The van der Waals surface area contributed by atoms with E-state index in [1.165, 1.54) is 0 Å². The number of amides is 4. The SMILES string of the molecule is CC(C(=O)N1CCN(C(=O)c2cccc(N3C(=O)CCC3=O)c2)CC1)C1CC1. The zero-order valence-electron chi connectivity index (χ0n) is 16.1. The number of carbonyl (C=O) groups excluding carboxylic acids is 4. The van der Waals surface area contributed by atoms with Gasteiger partial charge in [0.05, 0.1) is 5.69 Å². The molecule has 7 heteroatoms. The van der Waals surface area contributed by atoms with E-state index in [1.807, 2.05) is 11.8 Å². The van der Waals surface area contributed by atoms with Gasteiger partial charge in [-0.25, -0.2) is 0 Å². The number of piperazine rings is 1. The predicted octanol–water partition coefficient (Wildman–Crippen LogP) is 1.67. The zero-order chi connectivity index (χ0) is 19.8. The fourth-order valence-electron chi connectivity index (χ4n) is 4.04. The molecule has 3 fully saturated rings. The highest BCUT2D eigenvalue weighted by Gasteiger charge is 2.36. The molecule has 2 saturated heterocycles. The van der Waals surface area contributed by atoms with E-state index >= 15 is 0 Å². The maximum Gasteiger partial charge on any atom is 0.254 e. The van der Waals surface area contributed by atoms with Crippen molar-refractivity contribution in [3.05, 3.63) is 29.8 Å². The lowest BCUT2D eigenvalue weighted by atomic mass is 10.0. The van der Waals surface area contributed by atoms with Crippen molar-refractivity contribution in [3.63, 3.8) is 0 Å². The summed E-state index contributed by atoms with van der Waals surface area (Å²) in [7, 11) is 0. The molecule has 148 valence electrons. The van der Waals surface area contributed by atoms with Crippen LogP contribution in [0, 0.1) is 11.8 Å². The van der Waals surface area contributed by atoms with Crippen molar-refractivity contribution in [3.8, 4) is 0 Å². The summed E-state index contributed by atoms with van der Waals surface area (Å²) in [5.41, 5.74) is 0.904. The first-order chi connectivity index (χ1) is 13.5. The highest BCUT2D eigenvalue weighted by Crippen LogP contribution is 2.37. The minimum atomic E-state index is -0.230. The van der Waals surface area contributed by atoms with Crippen molar-refractivity contribution in [2.45, 2.75) is 32.6 Å². The second-order valence-electron chi connectivity index (χ2n) is 7.92. The van der Waals surface area contributed by atoms with E-state index in [9.17, 15) is 19.2 Å².